The molecule has 3 nitrogen and oxygen atoms in total. The van der Waals surface area contributed by atoms with Crippen LogP contribution in [0.15, 0.2) is 29.6 Å². The van der Waals surface area contributed by atoms with E-state index in [1.807, 2.05) is 42.6 Å². The molecule has 3 rings (SSSR count). The van der Waals surface area contributed by atoms with Gasteiger partial charge in [-0.25, -0.2) is 0 Å². The van der Waals surface area contributed by atoms with Crippen molar-refractivity contribution in [2.24, 2.45) is 0 Å². The summed E-state index contributed by atoms with van der Waals surface area (Å²) in [5.41, 5.74) is 4.31. The predicted molar refractivity (Wildman–Crippen MR) is 77.9 cm³/mol. The van der Waals surface area contributed by atoms with Crippen molar-refractivity contribution in [3.63, 3.8) is 0 Å². The summed E-state index contributed by atoms with van der Waals surface area (Å²) >= 11 is 1.62. The van der Waals surface area contributed by atoms with Gasteiger partial charge in [0.15, 0.2) is 0 Å². The summed E-state index contributed by atoms with van der Waals surface area (Å²) in [7, 11) is 0. The highest BCUT2D eigenvalue weighted by molar-refractivity contribution is 7.11. The summed E-state index contributed by atoms with van der Waals surface area (Å²) in [6.07, 6.45) is 1.92. The molecule has 1 aromatic carbocycles. The van der Waals surface area contributed by atoms with Gasteiger partial charge in [0.05, 0.1) is 12.2 Å². The van der Waals surface area contributed by atoms with Crippen molar-refractivity contribution < 1.29 is 9.90 Å². The molecule has 19 heavy (non-hydrogen) atoms. The van der Waals surface area contributed by atoms with E-state index in [0.717, 1.165) is 27.3 Å². The van der Waals surface area contributed by atoms with Gasteiger partial charge in [-0.2, -0.15) is 0 Å². The molecule has 0 spiro atoms. The molecule has 2 N–H and O–H groups in total. The van der Waals surface area contributed by atoms with E-state index in [2.05, 4.69) is 5.32 Å². The lowest BCUT2D eigenvalue weighted by molar-refractivity contribution is -0.110. The van der Waals surface area contributed by atoms with Crippen molar-refractivity contribution in [1.82, 2.24) is 0 Å². The van der Waals surface area contributed by atoms with Gasteiger partial charge in [-0.1, -0.05) is 6.07 Å². The van der Waals surface area contributed by atoms with Crippen LogP contribution in [0.3, 0.4) is 0 Å². The monoisotopic (exact) mass is 271 g/mol. The lowest BCUT2D eigenvalue weighted by atomic mass is 10.0. The summed E-state index contributed by atoms with van der Waals surface area (Å²) < 4.78 is 0. The molecule has 0 aliphatic carbocycles. The first-order valence-electron chi connectivity index (χ1n) is 6.00. The number of aliphatic hydroxyl groups excluding tert-OH is 1. The topological polar surface area (TPSA) is 49.3 Å². The smallest absolute Gasteiger partial charge is 0.256 e. The summed E-state index contributed by atoms with van der Waals surface area (Å²) in [5, 5.41) is 14.1. The molecule has 0 fully saturated rings. The number of benzene rings is 1. The van der Waals surface area contributed by atoms with Crippen molar-refractivity contribution in [2.45, 2.75) is 13.5 Å². The maximum Gasteiger partial charge on any atom is 0.256 e. The minimum absolute atomic E-state index is 0.0211. The van der Waals surface area contributed by atoms with Crippen LogP contribution in [0.2, 0.25) is 0 Å². The van der Waals surface area contributed by atoms with E-state index < -0.39 is 0 Å². The van der Waals surface area contributed by atoms with Crippen molar-refractivity contribution in [3.05, 3.63) is 51.2 Å². The number of thiophene rings is 1. The third-order valence-electron chi connectivity index (χ3n) is 3.23. The third-order valence-corrected chi connectivity index (χ3v) is 4.19. The Morgan fingerprint density at radius 1 is 1.37 bits per heavy atom. The molecule has 0 saturated heterocycles. The molecule has 1 aliphatic heterocycles. The fourth-order valence-electron chi connectivity index (χ4n) is 2.14. The maximum absolute atomic E-state index is 12.0. The number of hydrogen-bond acceptors (Lipinski definition) is 3. The first-order chi connectivity index (χ1) is 9.19. The first-order valence-corrected chi connectivity index (χ1v) is 6.88. The molecule has 2 aromatic rings. The summed E-state index contributed by atoms with van der Waals surface area (Å²) in [4.78, 5) is 13.1. The molecule has 1 aromatic heterocycles. The highest BCUT2D eigenvalue weighted by Gasteiger charge is 2.24. The Morgan fingerprint density at radius 3 is 2.89 bits per heavy atom. The van der Waals surface area contributed by atoms with E-state index in [1.54, 1.807) is 11.3 Å². The van der Waals surface area contributed by atoms with Crippen LogP contribution in [-0.4, -0.2) is 11.0 Å². The lowest BCUT2D eigenvalue weighted by Gasteiger charge is -2.01. The standard InChI is InChI=1S/C15H13NO2S/c1-9-4-5-19-14(9)7-12-11-6-10(8-17)2-3-13(11)16-15(12)18/h2-7,17H,8H2,1H3,(H,16,18). The van der Waals surface area contributed by atoms with Crippen LogP contribution in [0, 0.1) is 6.92 Å². The van der Waals surface area contributed by atoms with E-state index in [-0.39, 0.29) is 12.5 Å². The zero-order chi connectivity index (χ0) is 13.4. The van der Waals surface area contributed by atoms with Gasteiger partial charge < -0.3 is 10.4 Å². The number of hydrogen-bond donors (Lipinski definition) is 2. The van der Waals surface area contributed by atoms with Crippen LogP contribution in [0.5, 0.6) is 0 Å². The van der Waals surface area contributed by atoms with E-state index in [1.165, 1.54) is 0 Å². The van der Waals surface area contributed by atoms with Crippen molar-refractivity contribution in [3.8, 4) is 0 Å². The predicted octanol–water partition coefficient (Wildman–Crippen LogP) is 3.04. The number of carbonyl (C=O) groups is 1. The number of anilines is 1. The zero-order valence-electron chi connectivity index (χ0n) is 10.4. The Bertz CT molecular complexity index is 685. The maximum atomic E-state index is 12.0. The average Bonchev–Trinajstić information content (AvgIpc) is 2.94. The number of carbonyl (C=O) groups excluding carboxylic acids is 1. The molecule has 2 heterocycles. The lowest BCUT2D eigenvalue weighted by Crippen LogP contribution is -2.03. The zero-order valence-corrected chi connectivity index (χ0v) is 11.3. The quantitative estimate of drug-likeness (QED) is 0.825. The largest absolute Gasteiger partial charge is 0.392 e. The Morgan fingerprint density at radius 2 is 2.21 bits per heavy atom. The van der Waals surface area contributed by atoms with Gasteiger partial charge in [-0.3, -0.25) is 4.79 Å². The fourth-order valence-corrected chi connectivity index (χ4v) is 3.00. The number of aryl methyl sites for hydroxylation is 1. The van der Waals surface area contributed by atoms with Crippen LogP contribution in [-0.2, 0) is 11.4 Å². The van der Waals surface area contributed by atoms with E-state index in [4.69, 9.17) is 0 Å². The van der Waals surface area contributed by atoms with Gasteiger partial charge in [0.2, 0.25) is 0 Å². The van der Waals surface area contributed by atoms with Gasteiger partial charge in [0, 0.05) is 16.1 Å². The van der Waals surface area contributed by atoms with Crippen LogP contribution >= 0.6 is 11.3 Å². The van der Waals surface area contributed by atoms with Crippen molar-refractivity contribution in [1.29, 1.82) is 0 Å². The number of rotatable bonds is 2. The Hall–Kier alpha value is -1.91. The molecule has 0 unspecified atom stereocenters. The number of amides is 1. The number of nitrogens with one attached hydrogen (secondary N) is 1. The Kier molecular flexibility index (Phi) is 2.97. The third kappa shape index (κ3) is 2.09. The average molecular weight is 271 g/mol. The summed E-state index contributed by atoms with van der Waals surface area (Å²) in [6.45, 7) is 2.01. The molecule has 96 valence electrons. The molecule has 1 amide bonds. The van der Waals surface area contributed by atoms with Crippen LogP contribution in [0.1, 0.15) is 21.6 Å². The summed E-state index contributed by atoms with van der Waals surface area (Å²) in [5.74, 6) is -0.0853. The van der Waals surface area contributed by atoms with Crippen molar-refractivity contribution in [2.75, 3.05) is 5.32 Å². The molecule has 0 bridgehead atoms. The summed E-state index contributed by atoms with van der Waals surface area (Å²) in [6, 6.07) is 7.55. The minimum atomic E-state index is -0.0853. The van der Waals surface area contributed by atoms with Gasteiger partial charge in [0.25, 0.3) is 5.91 Å². The molecular weight excluding hydrogens is 258 g/mol. The van der Waals surface area contributed by atoms with E-state index >= 15 is 0 Å². The van der Waals surface area contributed by atoms with Crippen molar-refractivity contribution >= 4 is 34.6 Å². The van der Waals surface area contributed by atoms with Crippen LogP contribution < -0.4 is 5.32 Å². The van der Waals surface area contributed by atoms with Gasteiger partial charge in [0.1, 0.15) is 0 Å². The molecule has 0 saturated carbocycles. The second-order valence-electron chi connectivity index (χ2n) is 4.52. The molecule has 0 atom stereocenters. The second kappa shape index (κ2) is 4.64. The SMILES string of the molecule is Cc1ccsc1C=C1C(=O)Nc2ccc(CO)cc21. The van der Waals surface area contributed by atoms with E-state index in [0.29, 0.717) is 5.57 Å². The molecular formula is C15H13NO2S. The highest BCUT2D eigenvalue weighted by atomic mass is 32.1. The number of aliphatic hydroxyl groups is 1. The Labute approximate surface area is 115 Å². The first kappa shape index (κ1) is 12.1. The normalized spacial score (nSPS) is 15.7. The minimum Gasteiger partial charge on any atom is -0.392 e. The molecule has 1 aliphatic rings. The molecule has 4 heteroatoms. The number of fused-ring (bicyclic) bond motifs is 1. The van der Waals surface area contributed by atoms with E-state index in [9.17, 15) is 9.90 Å². The molecule has 0 radical (unpaired) electrons. The van der Waals surface area contributed by atoms with Gasteiger partial charge in [-0.15, -0.1) is 11.3 Å². The van der Waals surface area contributed by atoms with Gasteiger partial charge in [-0.05, 0) is 47.7 Å². The van der Waals surface area contributed by atoms with Gasteiger partial charge >= 0.3 is 0 Å². The Balaban J connectivity index is 2.12. The van der Waals surface area contributed by atoms with Crippen LogP contribution in [0.25, 0.3) is 11.6 Å². The van der Waals surface area contributed by atoms with Crippen LogP contribution in [0.4, 0.5) is 5.69 Å². The second-order valence-corrected chi connectivity index (χ2v) is 5.47. The fraction of sp³-hybridized carbons (Fsp3) is 0.133. The highest BCUT2D eigenvalue weighted by Crippen LogP contribution is 2.35.